The van der Waals surface area contributed by atoms with E-state index in [-0.39, 0.29) is 5.97 Å². The molecule has 0 radical (unpaired) electrons. The van der Waals surface area contributed by atoms with Crippen LogP contribution in [-0.4, -0.2) is 46.2 Å². The monoisotopic (exact) mass is 471 g/mol. The predicted molar refractivity (Wildman–Crippen MR) is 146 cm³/mol. The number of fused-ring (bicyclic) bond motifs is 1. The zero-order valence-electron chi connectivity index (χ0n) is 21.8. The number of carbonyl (C=O) groups excluding carboxylic acids is 1. The van der Waals surface area contributed by atoms with Crippen LogP contribution in [-0.2, 0) is 10.3 Å². The standard InChI is InChI=1S/C30H37N3O2/c1-7-31(5)24-15-11-22(12-16-24)30(23-13-17-25(18-14-23)32(6)8-2)28-20-19-26(33(9-3)10-4)21-27(28)29(34)35-30/h11-21H,7-10H2,1-6H3. The van der Waals surface area contributed by atoms with Crippen LogP contribution in [0.2, 0.25) is 0 Å². The summed E-state index contributed by atoms with van der Waals surface area (Å²) in [7, 11) is 4.15. The topological polar surface area (TPSA) is 36.0 Å². The molecule has 0 amide bonds. The molecule has 5 heteroatoms. The van der Waals surface area contributed by atoms with Crippen molar-refractivity contribution in [3.8, 4) is 0 Å². The van der Waals surface area contributed by atoms with Gasteiger partial charge in [-0.1, -0.05) is 30.3 Å². The molecule has 0 saturated carbocycles. The van der Waals surface area contributed by atoms with Crippen LogP contribution in [0.25, 0.3) is 0 Å². The van der Waals surface area contributed by atoms with Gasteiger partial charge in [-0.2, -0.15) is 0 Å². The van der Waals surface area contributed by atoms with Crippen molar-refractivity contribution in [1.29, 1.82) is 0 Å². The minimum atomic E-state index is -0.985. The highest BCUT2D eigenvalue weighted by Crippen LogP contribution is 2.48. The average Bonchev–Trinajstić information content (AvgIpc) is 3.21. The Morgan fingerprint density at radius 3 is 1.54 bits per heavy atom. The number of benzene rings is 3. The summed E-state index contributed by atoms with van der Waals surface area (Å²) in [6, 6.07) is 23.0. The van der Waals surface area contributed by atoms with Crippen molar-refractivity contribution in [2.24, 2.45) is 0 Å². The minimum Gasteiger partial charge on any atom is -0.441 e. The number of hydrogen-bond acceptors (Lipinski definition) is 5. The third kappa shape index (κ3) is 4.24. The quantitative estimate of drug-likeness (QED) is 0.363. The first-order chi connectivity index (χ1) is 16.9. The van der Waals surface area contributed by atoms with Crippen LogP contribution in [0.5, 0.6) is 0 Å². The number of nitrogens with zero attached hydrogens (tertiary/aromatic N) is 3. The number of rotatable bonds is 9. The smallest absolute Gasteiger partial charge is 0.340 e. The predicted octanol–water partition coefficient (Wildman–Crippen LogP) is 5.91. The Bertz CT molecular complexity index is 1110. The van der Waals surface area contributed by atoms with Gasteiger partial charge in [0.05, 0.1) is 5.56 Å². The summed E-state index contributed by atoms with van der Waals surface area (Å²) in [4.78, 5) is 20.0. The Morgan fingerprint density at radius 2 is 1.11 bits per heavy atom. The summed E-state index contributed by atoms with van der Waals surface area (Å²) in [6.07, 6.45) is 0. The molecule has 4 rings (SSSR count). The molecule has 0 atom stereocenters. The van der Waals surface area contributed by atoms with E-state index in [1.54, 1.807) is 0 Å². The molecule has 184 valence electrons. The second-order valence-electron chi connectivity index (χ2n) is 9.09. The summed E-state index contributed by atoms with van der Waals surface area (Å²) >= 11 is 0. The fourth-order valence-electron chi connectivity index (χ4n) is 4.90. The summed E-state index contributed by atoms with van der Waals surface area (Å²) in [5, 5.41) is 0. The number of anilines is 3. The van der Waals surface area contributed by atoms with Gasteiger partial charge in [0.1, 0.15) is 0 Å². The maximum atomic E-state index is 13.4. The number of hydrogen-bond donors (Lipinski definition) is 0. The van der Waals surface area contributed by atoms with Gasteiger partial charge in [0, 0.05) is 74.0 Å². The molecule has 1 heterocycles. The van der Waals surface area contributed by atoms with Gasteiger partial charge in [0.2, 0.25) is 0 Å². The van der Waals surface area contributed by atoms with Crippen molar-refractivity contribution in [2.45, 2.75) is 33.3 Å². The molecule has 0 fully saturated rings. The molecule has 3 aromatic rings. The average molecular weight is 472 g/mol. The van der Waals surface area contributed by atoms with E-state index in [0.717, 1.165) is 59.9 Å². The maximum Gasteiger partial charge on any atom is 0.340 e. The highest BCUT2D eigenvalue weighted by Gasteiger charge is 2.48. The van der Waals surface area contributed by atoms with Crippen molar-refractivity contribution >= 4 is 23.0 Å². The molecule has 0 saturated heterocycles. The van der Waals surface area contributed by atoms with Crippen molar-refractivity contribution in [2.75, 3.05) is 55.0 Å². The zero-order chi connectivity index (χ0) is 25.2. The zero-order valence-corrected chi connectivity index (χ0v) is 21.8. The summed E-state index contributed by atoms with van der Waals surface area (Å²) in [5.74, 6) is -0.279. The second-order valence-corrected chi connectivity index (χ2v) is 9.09. The van der Waals surface area contributed by atoms with Gasteiger partial charge in [-0.15, -0.1) is 0 Å². The Morgan fingerprint density at radius 1 is 0.657 bits per heavy atom. The van der Waals surface area contributed by atoms with Crippen molar-refractivity contribution < 1.29 is 9.53 Å². The normalized spacial score (nSPS) is 13.8. The Hall–Kier alpha value is -3.47. The maximum absolute atomic E-state index is 13.4. The van der Waals surface area contributed by atoms with Crippen molar-refractivity contribution in [3.05, 3.63) is 89.0 Å². The van der Waals surface area contributed by atoms with Gasteiger partial charge < -0.3 is 19.4 Å². The van der Waals surface area contributed by atoms with Crippen LogP contribution in [0.15, 0.2) is 66.7 Å². The number of cyclic esters (lactones) is 1. The van der Waals surface area contributed by atoms with Crippen LogP contribution in [0.4, 0.5) is 17.1 Å². The highest BCUT2D eigenvalue weighted by atomic mass is 16.6. The molecule has 1 aliphatic rings. The Balaban J connectivity index is 1.90. The van der Waals surface area contributed by atoms with Crippen LogP contribution < -0.4 is 14.7 Å². The molecule has 0 aromatic heterocycles. The molecular weight excluding hydrogens is 434 g/mol. The number of esters is 1. The molecule has 1 aliphatic heterocycles. The first-order valence-electron chi connectivity index (χ1n) is 12.7. The molecule has 0 bridgehead atoms. The molecule has 35 heavy (non-hydrogen) atoms. The van der Waals surface area contributed by atoms with Gasteiger partial charge in [0.25, 0.3) is 0 Å². The van der Waals surface area contributed by atoms with E-state index in [4.69, 9.17) is 4.74 Å². The lowest BCUT2D eigenvalue weighted by atomic mass is 9.79. The van der Waals surface area contributed by atoms with Gasteiger partial charge in [-0.3, -0.25) is 0 Å². The van der Waals surface area contributed by atoms with E-state index < -0.39 is 5.60 Å². The summed E-state index contributed by atoms with van der Waals surface area (Å²) < 4.78 is 6.36. The van der Waals surface area contributed by atoms with Gasteiger partial charge in [-0.05, 0) is 64.1 Å². The number of carbonyl (C=O) groups is 1. The third-order valence-corrected chi connectivity index (χ3v) is 7.35. The lowest BCUT2D eigenvalue weighted by Crippen LogP contribution is -2.30. The Labute approximate surface area is 209 Å². The summed E-state index contributed by atoms with van der Waals surface area (Å²) in [5.41, 5.74) is 5.75. The fourth-order valence-corrected chi connectivity index (χ4v) is 4.90. The van der Waals surface area contributed by atoms with Crippen molar-refractivity contribution in [3.63, 3.8) is 0 Å². The first kappa shape index (κ1) is 24.6. The van der Waals surface area contributed by atoms with E-state index >= 15 is 0 Å². The van der Waals surface area contributed by atoms with Gasteiger partial charge >= 0.3 is 5.97 Å². The highest BCUT2D eigenvalue weighted by molar-refractivity contribution is 5.97. The van der Waals surface area contributed by atoms with E-state index in [0.29, 0.717) is 5.56 Å². The van der Waals surface area contributed by atoms with Gasteiger partial charge in [-0.25, -0.2) is 4.79 Å². The molecule has 5 nitrogen and oxygen atoms in total. The first-order valence-corrected chi connectivity index (χ1v) is 12.7. The second kappa shape index (κ2) is 10.0. The van der Waals surface area contributed by atoms with E-state index in [2.05, 4.69) is 117 Å². The minimum absolute atomic E-state index is 0.279. The summed E-state index contributed by atoms with van der Waals surface area (Å²) in [6.45, 7) is 12.1. The lowest BCUT2D eigenvalue weighted by Gasteiger charge is -2.31. The third-order valence-electron chi connectivity index (χ3n) is 7.35. The molecule has 3 aromatic carbocycles. The molecule has 0 unspecified atom stereocenters. The van der Waals surface area contributed by atoms with Crippen LogP contribution >= 0.6 is 0 Å². The molecule has 0 spiro atoms. The largest absolute Gasteiger partial charge is 0.441 e. The molecule has 0 aliphatic carbocycles. The van der Waals surface area contributed by atoms with E-state index in [9.17, 15) is 4.79 Å². The van der Waals surface area contributed by atoms with Crippen LogP contribution in [0.1, 0.15) is 54.7 Å². The SMILES string of the molecule is CCN(C)c1ccc(C2(c3ccc(N(C)CC)cc3)OC(=O)c3cc(N(CC)CC)ccc32)cc1. The van der Waals surface area contributed by atoms with Crippen LogP contribution in [0, 0.1) is 0 Å². The van der Waals surface area contributed by atoms with E-state index in [1.807, 2.05) is 6.07 Å². The Kier molecular flexibility index (Phi) is 7.06. The molecule has 0 N–H and O–H groups in total. The van der Waals surface area contributed by atoms with Crippen LogP contribution in [0.3, 0.4) is 0 Å². The number of ether oxygens (including phenoxy) is 1. The molecular formula is C30H37N3O2. The van der Waals surface area contributed by atoms with Crippen molar-refractivity contribution in [1.82, 2.24) is 0 Å². The van der Waals surface area contributed by atoms with E-state index in [1.165, 1.54) is 0 Å². The van der Waals surface area contributed by atoms with Gasteiger partial charge in [0.15, 0.2) is 5.60 Å². The lowest BCUT2D eigenvalue weighted by molar-refractivity contribution is 0.0251. The fraction of sp³-hybridized carbons (Fsp3) is 0.367.